The fourth-order valence-corrected chi connectivity index (χ4v) is 2.43. The Hall–Kier alpha value is -2.33. The Bertz CT molecular complexity index is 836. The second-order valence-corrected chi connectivity index (χ2v) is 4.84. The van der Waals surface area contributed by atoms with Gasteiger partial charge < -0.3 is 15.3 Å². The van der Waals surface area contributed by atoms with Gasteiger partial charge in [0.2, 0.25) is 0 Å². The molecule has 0 unspecified atom stereocenters. The molecule has 3 aromatic rings. The lowest BCUT2D eigenvalue weighted by atomic mass is 10.0. The average molecular weight is 269 g/mol. The topological polar surface area (TPSA) is 76.5 Å². The summed E-state index contributed by atoms with van der Waals surface area (Å²) in [5.74, 6) is 0.0829. The summed E-state index contributed by atoms with van der Waals surface area (Å²) < 4.78 is 5.27. The van der Waals surface area contributed by atoms with Crippen molar-refractivity contribution in [2.75, 3.05) is 6.54 Å². The molecular weight excluding hydrogens is 254 g/mol. The molecule has 0 spiro atoms. The Morgan fingerprint density at radius 1 is 1.05 bits per heavy atom. The maximum absolute atomic E-state index is 12.1. The molecule has 0 fully saturated rings. The Kier molecular flexibility index (Phi) is 3.16. The zero-order chi connectivity index (χ0) is 14.1. The highest BCUT2D eigenvalue weighted by Crippen LogP contribution is 2.26. The number of phenolic OH excluding ortho intramolecular Hbond substituents is 1. The van der Waals surface area contributed by atoms with Crippen molar-refractivity contribution in [3.05, 3.63) is 52.4 Å². The summed E-state index contributed by atoms with van der Waals surface area (Å²) in [6.07, 6.45) is 1.73. The Morgan fingerprint density at radius 3 is 2.65 bits per heavy atom. The number of fused-ring (bicyclic) bond motifs is 3. The van der Waals surface area contributed by atoms with Gasteiger partial charge in [-0.15, -0.1) is 0 Å². The monoisotopic (exact) mass is 269 g/mol. The lowest BCUT2D eigenvalue weighted by Crippen LogP contribution is -2.03. The van der Waals surface area contributed by atoms with Crippen LogP contribution in [-0.4, -0.2) is 11.7 Å². The van der Waals surface area contributed by atoms with Crippen LogP contribution in [0.15, 0.2) is 45.6 Å². The highest BCUT2D eigenvalue weighted by atomic mass is 16.4. The minimum atomic E-state index is -0.382. The van der Waals surface area contributed by atoms with Crippen molar-refractivity contribution in [3.8, 4) is 5.75 Å². The molecule has 0 saturated heterocycles. The molecule has 0 aliphatic heterocycles. The molecule has 4 heteroatoms. The van der Waals surface area contributed by atoms with Crippen molar-refractivity contribution in [1.29, 1.82) is 0 Å². The van der Waals surface area contributed by atoms with E-state index in [2.05, 4.69) is 0 Å². The van der Waals surface area contributed by atoms with Gasteiger partial charge in [-0.25, -0.2) is 4.79 Å². The molecule has 0 radical (unpaired) electrons. The molecule has 2 aromatic carbocycles. The van der Waals surface area contributed by atoms with Crippen LogP contribution in [-0.2, 0) is 6.42 Å². The van der Waals surface area contributed by atoms with Gasteiger partial charge in [-0.3, -0.25) is 0 Å². The molecule has 3 rings (SSSR count). The molecule has 0 atom stereocenters. The molecule has 3 N–H and O–H groups in total. The molecule has 1 heterocycles. The molecule has 0 bridgehead atoms. The fourth-order valence-electron chi connectivity index (χ4n) is 2.43. The number of rotatable bonds is 3. The molecule has 20 heavy (non-hydrogen) atoms. The molecular formula is C16H15NO3. The van der Waals surface area contributed by atoms with Crippen LogP contribution >= 0.6 is 0 Å². The van der Waals surface area contributed by atoms with E-state index in [4.69, 9.17) is 10.2 Å². The first-order valence-electron chi connectivity index (χ1n) is 6.57. The number of phenols is 1. The van der Waals surface area contributed by atoms with Crippen molar-refractivity contribution in [2.45, 2.75) is 12.8 Å². The van der Waals surface area contributed by atoms with Gasteiger partial charge >= 0.3 is 5.63 Å². The van der Waals surface area contributed by atoms with E-state index in [1.165, 1.54) is 6.07 Å². The molecule has 1 aromatic heterocycles. The van der Waals surface area contributed by atoms with E-state index in [1.807, 2.05) is 18.2 Å². The predicted octanol–water partition coefficient (Wildman–Crippen LogP) is 2.54. The van der Waals surface area contributed by atoms with E-state index in [0.717, 1.165) is 29.2 Å². The summed E-state index contributed by atoms with van der Waals surface area (Å²) >= 11 is 0. The third-order valence-electron chi connectivity index (χ3n) is 3.43. The van der Waals surface area contributed by atoms with Crippen LogP contribution in [0.5, 0.6) is 5.75 Å². The van der Waals surface area contributed by atoms with Gasteiger partial charge in [-0.1, -0.05) is 12.1 Å². The van der Waals surface area contributed by atoms with Crippen LogP contribution in [0, 0.1) is 0 Å². The van der Waals surface area contributed by atoms with Gasteiger partial charge in [-0.05, 0) is 48.5 Å². The minimum Gasteiger partial charge on any atom is -0.508 e. The Balaban J connectivity index is 2.26. The van der Waals surface area contributed by atoms with Gasteiger partial charge in [0.1, 0.15) is 11.3 Å². The van der Waals surface area contributed by atoms with Gasteiger partial charge in [0.15, 0.2) is 0 Å². The van der Waals surface area contributed by atoms with E-state index < -0.39 is 0 Å². The van der Waals surface area contributed by atoms with Crippen LogP contribution in [0.4, 0.5) is 0 Å². The standard InChI is InChI=1S/C16H15NO3/c17-7-1-2-10-3-5-12-13-6-4-11(18)9-15(13)20-16(19)14(12)8-10/h3-6,8-9,18H,1-2,7,17H2. The van der Waals surface area contributed by atoms with Crippen LogP contribution < -0.4 is 11.4 Å². The lowest BCUT2D eigenvalue weighted by Gasteiger charge is -2.05. The van der Waals surface area contributed by atoms with E-state index in [9.17, 15) is 9.90 Å². The third-order valence-corrected chi connectivity index (χ3v) is 3.43. The highest BCUT2D eigenvalue weighted by Gasteiger charge is 2.08. The maximum Gasteiger partial charge on any atom is 0.344 e. The second kappa shape index (κ2) is 4.98. The van der Waals surface area contributed by atoms with Crippen molar-refractivity contribution in [2.24, 2.45) is 5.73 Å². The summed E-state index contributed by atoms with van der Waals surface area (Å²) in [6, 6.07) is 10.6. The van der Waals surface area contributed by atoms with Crippen LogP contribution in [0.1, 0.15) is 12.0 Å². The first kappa shape index (κ1) is 12.7. The largest absolute Gasteiger partial charge is 0.508 e. The normalized spacial score (nSPS) is 11.2. The Morgan fingerprint density at radius 2 is 1.85 bits per heavy atom. The smallest absolute Gasteiger partial charge is 0.344 e. The Labute approximate surface area is 115 Å². The average Bonchev–Trinajstić information content (AvgIpc) is 2.45. The zero-order valence-electron chi connectivity index (χ0n) is 10.9. The van der Waals surface area contributed by atoms with E-state index in [1.54, 1.807) is 12.1 Å². The SMILES string of the molecule is NCCCc1ccc2c(c1)c(=O)oc1cc(O)ccc12. The molecule has 0 amide bonds. The van der Waals surface area contributed by atoms with E-state index in [0.29, 0.717) is 17.5 Å². The summed E-state index contributed by atoms with van der Waals surface area (Å²) in [4.78, 5) is 12.1. The number of aromatic hydroxyl groups is 1. The molecule has 0 aliphatic rings. The van der Waals surface area contributed by atoms with E-state index >= 15 is 0 Å². The molecule has 102 valence electrons. The van der Waals surface area contributed by atoms with Gasteiger partial charge in [0.25, 0.3) is 0 Å². The van der Waals surface area contributed by atoms with Crippen molar-refractivity contribution < 1.29 is 9.52 Å². The summed E-state index contributed by atoms with van der Waals surface area (Å²) in [5, 5.41) is 11.7. The van der Waals surface area contributed by atoms with Crippen LogP contribution in [0.25, 0.3) is 21.7 Å². The number of hydrogen-bond donors (Lipinski definition) is 2. The van der Waals surface area contributed by atoms with E-state index in [-0.39, 0.29) is 11.4 Å². The molecule has 0 saturated carbocycles. The first-order chi connectivity index (χ1) is 9.69. The number of nitrogens with two attached hydrogens (primary N) is 1. The first-order valence-corrected chi connectivity index (χ1v) is 6.57. The number of benzene rings is 2. The highest BCUT2D eigenvalue weighted by molar-refractivity contribution is 6.04. The summed E-state index contributed by atoms with van der Waals surface area (Å²) in [6.45, 7) is 0.629. The van der Waals surface area contributed by atoms with Crippen LogP contribution in [0.3, 0.4) is 0 Å². The van der Waals surface area contributed by atoms with Crippen LogP contribution in [0.2, 0.25) is 0 Å². The van der Waals surface area contributed by atoms with Gasteiger partial charge in [-0.2, -0.15) is 0 Å². The summed E-state index contributed by atoms with van der Waals surface area (Å²) in [7, 11) is 0. The van der Waals surface area contributed by atoms with Gasteiger partial charge in [0, 0.05) is 11.5 Å². The van der Waals surface area contributed by atoms with Gasteiger partial charge in [0.05, 0.1) is 5.39 Å². The zero-order valence-corrected chi connectivity index (χ0v) is 10.9. The molecule has 4 nitrogen and oxygen atoms in total. The lowest BCUT2D eigenvalue weighted by molar-refractivity contribution is 0.473. The summed E-state index contributed by atoms with van der Waals surface area (Å²) in [5.41, 5.74) is 6.60. The maximum atomic E-state index is 12.1. The van der Waals surface area contributed by atoms with Crippen molar-refractivity contribution in [1.82, 2.24) is 0 Å². The molecule has 0 aliphatic carbocycles. The van der Waals surface area contributed by atoms with Crippen molar-refractivity contribution >= 4 is 21.7 Å². The number of aryl methyl sites for hydroxylation is 1. The third kappa shape index (κ3) is 2.14. The number of hydrogen-bond acceptors (Lipinski definition) is 4. The quantitative estimate of drug-likeness (QED) is 0.566. The second-order valence-electron chi connectivity index (χ2n) is 4.84. The van der Waals surface area contributed by atoms with Crippen molar-refractivity contribution in [3.63, 3.8) is 0 Å². The predicted molar refractivity (Wildman–Crippen MR) is 79.0 cm³/mol. The minimum absolute atomic E-state index is 0.0829. The fraction of sp³-hybridized carbons (Fsp3) is 0.188.